The van der Waals surface area contributed by atoms with Crippen molar-refractivity contribution < 1.29 is 14.4 Å². The van der Waals surface area contributed by atoms with Gasteiger partial charge in [0.2, 0.25) is 11.7 Å². The first-order chi connectivity index (χ1) is 11.0. The van der Waals surface area contributed by atoms with Crippen molar-refractivity contribution in [1.29, 1.82) is 0 Å². The average molecular weight is 352 g/mol. The highest BCUT2D eigenvalue weighted by Crippen LogP contribution is 2.23. The van der Waals surface area contributed by atoms with E-state index in [4.69, 9.17) is 4.52 Å². The Labute approximate surface area is 147 Å². The van der Waals surface area contributed by atoms with Gasteiger partial charge in [0.15, 0.2) is 0 Å². The first-order valence-electron chi connectivity index (χ1n) is 7.94. The average Bonchev–Trinajstić information content (AvgIpc) is 3.17. The van der Waals surface area contributed by atoms with Crippen LogP contribution >= 0.6 is 12.4 Å². The molecule has 1 aromatic carbocycles. The van der Waals surface area contributed by atoms with Crippen LogP contribution < -0.4 is 0 Å². The molecule has 1 saturated heterocycles. The fourth-order valence-electron chi connectivity index (χ4n) is 2.92. The molecule has 2 aromatic rings. The van der Waals surface area contributed by atoms with Gasteiger partial charge in [-0.3, -0.25) is 9.69 Å². The number of benzene rings is 1. The summed E-state index contributed by atoms with van der Waals surface area (Å²) in [5.41, 5.74) is 2.17. The maximum atomic E-state index is 11.2. The first kappa shape index (κ1) is 18.4. The Morgan fingerprint density at radius 2 is 2.08 bits per heavy atom. The molecule has 3 rings (SSSR count). The molecule has 6 nitrogen and oxygen atoms in total. The van der Waals surface area contributed by atoms with Gasteiger partial charge in [-0.2, -0.15) is 4.98 Å². The van der Waals surface area contributed by atoms with E-state index >= 15 is 0 Å². The summed E-state index contributed by atoms with van der Waals surface area (Å²) < 4.78 is 5.29. The zero-order chi connectivity index (χ0) is 16.4. The Kier molecular flexibility index (Phi) is 5.96. The summed E-state index contributed by atoms with van der Waals surface area (Å²) in [6.45, 7) is 5.43. The summed E-state index contributed by atoms with van der Waals surface area (Å²) in [6.07, 6.45) is 1.56. The molecule has 1 N–H and O–H groups in total. The van der Waals surface area contributed by atoms with E-state index in [9.17, 15) is 9.90 Å². The molecule has 130 valence electrons. The Balaban J connectivity index is 0.00000208. The van der Waals surface area contributed by atoms with Crippen molar-refractivity contribution in [2.75, 3.05) is 6.54 Å². The number of hydrogen-bond donors (Lipinski definition) is 1. The van der Waals surface area contributed by atoms with Gasteiger partial charge in [0, 0.05) is 5.56 Å². The molecule has 0 bridgehead atoms. The van der Waals surface area contributed by atoms with Crippen molar-refractivity contribution in [2.24, 2.45) is 0 Å². The van der Waals surface area contributed by atoms with E-state index in [2.05, 4.69) is 36.1 Å². The predicted molar refractivity (Wildman–Crippen MR) is 92.1 cm³/mol. The standard InChI is InChI=1S/C17H21N3O3.ClH/c1-11(2)12-5-7-13(8-6-12)16-18-15(23-19-16)10-20-9-3-4-14(20)17(21)22;/h5-8,11,14H,3-4,9-10H2,1-2H3,(H,21,22);1H. The lowest BCUT2D eigenvalue weighted by atomic mass is 10.0. The highest BCUT2D eigenvalue weighted by molar-refractivity contribution is 5.85. The molecule has 1 atom stereocenters. The molecule has 24 heavy (non-hydrogen) atoms. The van der Waals surface area contributed by atoms with Crippen LogP contribution in [0.3, 0.4) is 0 Å². The smallest absolute Gasteiger partial charge is 0.320 e. The molecule has 0 amide bonds. The highest BCUT2D eigenvalue weighted by atomic mass is 35.5. The van der Waals surface area contributed by atoms with Crippen LogP contribution in [0.25, 0.3) is 11.4 Å². The minimum absolute atomic E-state index is 0. The lowest BCUT2D eigenvalue weighted by Crippen LogP contribution is -2.35. The van der Waals surface area contributed by atoms with Crippen molar-refractivity contribution in [3.05, 3.63) is 35.7 Å². The molecule has 2 heterocycles. The number of likely N-dealkylation sites (tertiary alicyclic amines) is 1. The van der Waals surface area contributed by atoms with Crippen LogP contribution in [0.4, 0.5) is 0 Å². The van der Waals surface area contributed by atoms with Crippen molar-refractivity contribution in [3.8, 4) is 11.4 Å². The Hall–Kier alpha value is -1.92. The lowest BCUT2D eigenvalue weighted by Gasteiger charge is -2.18. The maximum absolute atomic E-state index is 11.2. The van der Waals surface area contributed by atoms with E-state index in [0.717, 1.165) is 18.5 Å². The van der Waals surface area contributed by atoms with Gasteiger partial charge in [0.1, 0.15) is 6.04 Å². The number of rotatable bonds is 5. The SMILES string of the molecule is CC(C)c1ccc(-c2noc(CN3CCCC3C(=O)O)n2)cc1.Cl. The van der Waals surface area contributed by atoms with Gasteiger partial charge in [-0.1, -0.05) is 43.3 Å². The Morgan fingerprint density at radius 3 is 2.71 bits per heavy atom. The van der Waals surface area contributed by atoms with E-state index in [1.807, 2.05) is 17.0 Å². The van der Waals surface area contributed by atoms with Crippen molar-refractivity contribution in [1.82, 2.24) is 15.0 Å². The summed E-state index contributed by atoms with van der Waals surface area (Å²) in [5, 5.41) is 13.2. The molecule has 1 fully saturated rings. The van der Waals surface area contributed by atoms with Crippen molar-refractivity contribution >= 4 is 18.4 Å². The second-order valence-electron chi connectivity index (χ2n) is 6.26. The third-order valence-electron chi connectivity index (χ3n) is 4.29. The topological polar surface area (TPSA) is 79.5 Å². The second-order valence-corrected chi connectivity index (χ2v) is 6.26. The van der Waals surface area contributed by atoms with Crippen LogP contribution in [0, 0.1) is 0 Å². The quantitative estimate of drug-likeness (QED) is 0.890. The largest absolute Gasteiger partial charge is 0.480 e. The zero-order valence-electron chi connectivity index (χ0n) is 13.8. The maximum Gasteiger partial charge on any atom is 0.320 e. The van der Waals surface area contributed by atoms with Gasteiger partial charge in [-0.05, 0) is 30.9 Å². The van der Waals surface area contributed by atoms with E-state index in [1.54, 1.807) is 0 Å². The second kappa shape index (κ2) is 7.77. The van der Waals surface area contributed by atoms with Crippen LogP contribution in [-0.4, -0.2) is 38.7 Å². The monoisotopic (exact) mass is 351 g/mol. The fourth-order valence-corrected chi connectivity index (χ4v) is 2.92. The fraction of sp³-hybridized carbons (Fsp3) is 0.471. The molecule has 0 saturated carbocycles. The number of halogens is 1. The van der Waals surface area contributed by atoms with Crippen LogP contribution in [0.1, 0.15) is 44.1 Å². The van der Waals surface area contributed by atoms with E-state index in [0.29, 0.717) is 30.6 Å². The minimum Gasteiger partial charge on any atom is -0.480 e. The third-order valence-corrected chi connectivity index (χ3v) is 4.29. The van der Waals surface area contributed by atoms with Crippen LogP contribution in [0.2, 0.25) is 0 Å². The van der Waals surface area contributed by atoms with Gasteiger partial charge in [-0.15, -0.1) is 12.4 Å². The van der Waals surface area contributed by atoms with E-state index in [1.165, 1.54) is 5.56 Å². The first-order valence-corrected chi connectivity index (χ1v) is 7.94. The number of carboxylic acids is 1. The van der Waals surface area contributed by atoms with Crippen molar-refractivity contribution in [2.45, 2.75) is 45.2 Å². The molecule has 0 spiro atoms. The Bertz CT molecular complexity index is 685. The summed E-state index contributed by atoms with van der Waals surface area (Å²) in [7, 11) is 0. The highest BCUT2D eigenvalue weighted by Gasteiger charge is 2.31. The number of hydrogen-bond acceptors (Lipinski definition) is 5. The Morgan fingerprint density at radius 1 is 1.38 bits per heavy atom. The predicted octanol–water partition coefficient (Wildman–Crippen LogP) is 3.33. The summed E-state index contributed by atoms with van der Waals surface area (Å²) in [5.74, 6) is 0.696. The number of aromatic nitrogens is 2. The molecule has 0 radical (unpaired) electrons. The molecule has 1 aliphatic rings. The molecule has 7 heteroatoms. The number of carboxylic acid groups (broad SMARTS) is 1. The van der Waals surface area contributed by atoms with Gasteiger partial charge in [0.05, 0.1) is 6.54 Å². The van der Waals surface area contributed by atoms with Crippen LogP contribution in [0.5, 0.6) is 0 Å². The van der Waals surface area contributed by atoms with Gasteiger partial charge in [0.25, 0.3) is 0 Å². The minimum atomic E-state index is -0.786. The summed E-state index contributed by atoms with van der Waals surface area (Å²) >= 11 is 0. The normalized spacial score (nSPS) is 17.9. The van der Waals surface area contributed by atoms with Crippen LogP contribution in [-0.2, 0) is 11.3 Å². The number of carbonyl (C=O) groups is 1. The third kappa shape index (κ3) is 3.94. The molecular weight excluding hydrogens is 330 g/mol. The van der Waals surface area contributed by atoms with Gasteiger partial charge < -0.3 is 9.63 Å². The molecule has 1 aliphatic heterocycles. The van der Waals surface area contributed by atoms with E-state index < -0.39 is 12.0 Å². The number of aliphatic carboxylic acids is 1. The van der Waals surface area contributed by atoms with Gasteiger partial charge >= 0.3 is 5.97 Å². The molecular formula is C17H22ClN3O3. The van der Waals surface area contributed by atoms with E-state index in [-0.39, 0.29) is 12.4 Å². The summed E-state index contributed by atoms with van der Waals surface area (Å²) in [4.78, 5) is 17.5. The summed E-state index contributed by atoms with van der Waals surface area (Å²) in [6, 6.07) is 7.66. The van der Waals surface area contributed by atoms with Gasteiger partial charge in [-0.25, -0.2) is 0 Å². The molecule has 0 aliphatic carbocycles. The molecule has 1 aromatic heterocycles. The number of nitrogens with zero attached hydrogens (tertiary/aromatic N) is 3. The molecule has 1 unspecified atom stereocenters. The zero-order valence-corrected chi connectivity index (χ0v) is 14.6. The lowest BCUT2D eigenvalue weighted by molar-refractivity contribution is -0.142. The van der Waals surface area contributed by atoms with Crippen molar-refractivity contribution in [3.63, 3.8) is 0 Å². The van der Waals surface area contributed by atoms with Crippen LogP contribution in [0.15, 0.2) is 28.8 Å².